The number of hydrogen-bond acceptors (Lipinski definition) is 5. The predicted molar refractivity (Wildman–Crippen MR) is 116 cm³/mol. The molecule has 1 heterocycles. The summed E-state index contributed by atoms with van der Waals surface area (Å²) in [6, 6.07) is 15.3. The van der Waals surface area contributed by atoms with Gasteiger partial charge in [0.25, 0.3) is 5.91 Å². The zero-order valence-electron chi connectivity index (χ0n) is 14.1. The summed E-state index contributed by atoms with van der Waals surface area (Å²) in [6.45, 7) is 0.552. The lowest BCUT2D eigenvalue weighted by Gasteiger charge is -2.11. The number of nitrogens with zero attached hydrogens (tertiary/aromatic N) is 1. The Morgan fingerprint density at radius 2 is 2.04 bits per heavy atom. The molecule has 3 aromatic rings. The van der Waals surface area contributed by atoms with Crippen LogP contribution in [0, 0.1) is 0 Å². The third-order valence-corrected chi connectivity index (χ3v) is 5.08. The van der Waals surface area contributed by atoms with Crippen LogP contribution < -0.4 is 15.4 Å². The van der Waals surface area contributed by atoms with Crippen molar-refractivity contribution in [1.29, 1.82) is 0 Å². The highest BCUT2D eigenvalue weighted by Crippen LogP contribution is 2.26. The number of thiocarbonyl (C=S) groups is 1. The molecule has 8 heteroatoms. The molecule has 0 fully saturated rings. The first-order valence-electron chi connectivity index (χ1n) is 8.10. The average molecular weight is 462 g/mol. The van der Waals surface area contributed by atoms with E-state index in [-0.39, 0.29) is 11.0 Å². The van der Waals surface area contributed by atoms with Crippen LogP contribution in [-0.2, 0) is 6.42 Å². The maximum Gasteiger partial charge on any atom is 0.257 e. The van der Waals surface area contributed by atoms with E-state index in [0.29, 0.717) is 27.5 Å². The summed E-state index contributed by atoms with van der Waals surface area (Å²) in [5, 5.41) is 8.15. The second-order valence-corrected chi connectivity index (χ2v) is 7.63. The number of ether oxygens (including phenoxy) is 1. The van der Waals surface area contributed by atoms with E-state index >= 15 is 0 Å². The van der Waals surface area contributed by atoms with E-state index in [1.807, 2.05) is 23.6 Å². The van der Waals surface area contributed by atoms with Gasteiger partial charge in [-0.3, -0.25) is 10.1 Å². The quantitative estimate of drug-likeness (QED) is 0.522. The number of thiazole rings is 1. The summed E-state index contributed by atoms with van der Waals surface area (Å²) < 4.78 is 6.51. The van der Waals surface area contributed by atoms with Gasteiger partial charge in [0.15, 0.2) is 10.2 Å². The van der Waals surface area contributed by atoms with Gasteiger partial charge in [-0.1, -0.05) is 30.3 Å². The highest BCUT2D eigenvalue weighted by atomic mass is 79.9. The summed E-state index contributed by atoms with van der Waals surface area (Å²) in [5.41, 5.74) is 1.69. The fraction of sp³-hybridized carbons (Fsp3) is 0.105. The van der Waals surface area contributed by atoms with Crippen LogP contribution in [0.4, 0.5) is 5.13 Å². The lowest BCUT2D eigenvalue weighted by atomic mass is 10.2. The van der Waals surface area contributed by atoms with Crippen molar-refractivity contribution in [2.75, 3.05) is 11.9 Å². The molecule has 138 valence electrons. The van der Waals surface area contributed by atoms with Gasteiger partial charge in [-0.15, -0.1) is 11.3 Å². The standard InChI is InChI=1S/C19H16BrN3O2S2/c20-15-12-14(17(24)22-18(26)23-19-21-9-11-27-19)6-7-16(15)25-10-8-13-4-2-1-3-5-13/h1-7,9,11-12H,8,10H2,(H2,21,22,23,24,26). The van der Waals surface area contributed by atoms with Gasteiger partial charge in [-0.05, 0) is 51.9 Å². The molecule has 0 aliphatic heterocycles. The Labute approximate surface area is 174 Å². The summed E-state index contributed by atoms with van der Waals surface area (Å²) in [7, 11) is 0. The molecule has 0 saturated heterocycles. The first kappa shape index (κ1) is 19.5. The van der Waals surface area contributed by atoms with Crippen molar-refractivity contribution in [1.82, 2.24) is 10.3 Å². The number of amides is 1. The molecule has 0 unspecified atom stereocenters. The van der Waals surface area contributed by atoms with E-state index in [4.69, 9.17) is 17.0 Å². The Balaban J connectivity index is 1.53. The normalized spacial score (nSPS) is 10.3. The van der Waals surface area contributed by atoms with E-state index in [9.17, 15) is 4.79 Å². The van der Waals surface area contributed by atoms with Crippen LogP contribution in [0.2, 0.25) is 0 Å². The third-order valence-electron chi connectivity index (χ3n) is 3.57. The molecular weight excluding hydrogens is 446 g/mol. The minimum Gasteiger partial charge on any atom is -0.492 e. The SMILES string of the molecule is O=C(NC(=S)Nc1nccs1)c1ccc(OCCc2ccccc2)c(Br)c1. The van der Waals surface area contributed by atoms with Crippen molar-refractivity contribution in [2.45, 2.75) is 6.42 Å². The molecule has 0 spiro atoms. The van der Waals surface area contributed by atoms with E-state index < -0.39 is 0 Å². The Morgan fingerprint density at radius 3 is 2.74 bits per heavy atom. The summed E-state index contributed by atoms with van der Waals surface area (Å²) in [5.74, 6) is 0.381. The van der Waals surface area contributed by atoms with Crippen molar-refractivity contribution in [3.05, 3.63) is 75.7 Å². The number of nitrogens with one attached hydrogen (secondary N) is 2. The van der Waals surface area contributed by atoms with Gasteiger partial charge in [0, 0.05) is 23.6 Å². The maximum atomic E-state index is 12.3. The number of hydrogen-bond donors (Lipinski definition) is 2. The minimum atomic E-state index is -0.305. The number of carbonyl (C=O) groups is 1. The molecule has 1 aromatic heterocycles. The van der Waals surface area contributed by atoms with Gasteiger partial charge < -0.3 is 10.1 Å². The number of rotatable bonds is 6. The monoisotopic (exact) mass is 461 g/mol. The molecule has 27 heavy (non-hydrogen) atoms. The molecule has 5 nitrogen and oxygen atoms in total. The van der Waals surface area contributed by atoms with Gasteiger partial charge in [0.1, 0.15) is 5.75 Å². The second-order valence-electron chi connectivity index (χ2n) is 5.47. The van der Waals surface area contributed by atoms with Crippen molar-refractivity contribution in [3.8, 4) is 5.75 Å². The molecule has 0 saturated carbocycles. The number of benzene rings is 2. The Bertz CT molecular complexity index is 918. The van der Waals surface area contributed by atoms with Crippen LogP contribution in [0.5, 0.6) is 5.75 Å². The zero-order chi connectivity index (χ0) is 19.1. The Morgan fingerprint density at radius 1 is 1.22 bits per heavy atom. The number of aromatic nitrogens is 1. The van der Waals surface area contributed by atoms with E-state index in [1.165, 1.54) is 16.9 Å². The average Bonchev–Trinajstić information content (AvgIpc) is 3.16. The summed E-state index contributed by atoms with van der Waals surface area (Å²) in [4.78, 5) is 16.4. The van der Waals surface area contributed by atoms with Crippen molar-refractivity contribution in [3.63, 3.8) is 0 Å². The molecule has 0 radical (unpaired) electrons. The fourth-order valence-electron chi connectivity index (χ4n) is 2.27. The summed E-state index contributed by atoms with van der Waals surface area (Å²) in [6.07, 6.45) is 2.47. The van der Waals surface area contributed by atoms with Gasteiger partial charge in [-0.25, -0.2) is 4.98 Å². The van der Waals surface area contributed by atoms with Gasteiger partial charge in [0.05, 0.1) is 11.1 Å². The zero-order valence-corrected chi connectivity index (χ0v) is 17.4. The van der Waals surface area contributed by atoms with Crippen LogP contribution in [0.3, 0.4) is 0 Å². The van der Waals surface area contributed by atoms with Crippen LogP contribution in [0.15, 0.2) is 64.6 Å². The first-order valence-corrected chi connectivity index (χ1v) is 10.2. The largest absolute Gasteiger partial charge is 0.492 e. The van der Waals surface area contributed by atoms with Crippen molar-refractivity contribution >= 4 is 55.6 Å². The predicted octanol–water partition coefficient (Wildman–Crippen LogP) is 4.65. The first-order chi connectivity index (χ1) is 13.1. The molecular formula is C19H16BrN3O2S2. The molecule has 2 aromatic carbocycles. The number of carbonyl (C=O) groups excluding carboxylic acids is 1. The lowest BCUT2D eigenvalue weighted by Crippen LogP contribution is -2.34. The van der Waals surface area contributed by atoms with Gasteiger partial charge >= 0.3 is 0 Å². The van der Waals surface area contributed by atoms with Crippen molar-refractivity contribution < 1.29 is 9.53 Å². The minimum absolute atomic E-state index is 0.203. The Hall–Kier alpha value is -2.29. The molecule has 3 rings (SSSR count). The number of anilines is 1. The highest BCUT2D eigenvalue weighted by molar-refractivity contribution is 9.10. The van der Waals surface area contributed by atoms with Crippen LogP contribution in [0.25, 0.3) is 0 Å². The third kappa shape index (κ3) is 5.85. The van der Waals surface area contributed by atoms with E-state index in [0.717, 1.165) is 6.42 Å². The van der Waals surface area contributed by atoms with Gasteiger partial charge in [-0.2, -0.15) is 0 Å². The van der Waals surface area contributed by atoms with E-state index in [2.05, 4.69) is 43.7 Å². The fourth-order valence-corrected chi connectivity index (χ4v) is 3.55. The van der Waals surface area contributed by atoms with Crippen LogP contribution in [0.1, 0.15) is 15.9 Å². The Kier molecular flexibility index (Phi) is 6.92. The number of halogens is 1. The molecule has 0 atom stereocenters. The molecule has 1 amide bonds. The molecule has 0 aliphatic rings. The summed E-state index contributed by atoms with van der Waals surface area (Å²) >= 11 is 9.98. The van der Waals surface area contributed by atoms with Crippen LogP contribution in [-0.4, -0.2) is 22.6 Å². The molecule has 0 aliphatic carbocycles. The molecule has 2 N–H and O–H groups in total. The maximum absolute atomic E-state index is 12.3. The second kappa shape index (κ2) is 9.59. The van der Waals surface area contributed by atoms with Crippen LogP contribution >= 0.6 is 39.5 Å². The van der Waals surface area contributed by atoms with E-state index in [1.54, 1.807) is 24.4 Å². The molecule has 0 bridgehead atoms. The highest BCUT2D eigenvalue weighted by Gasteiger charge is 2.11. The lowest BCUT2D eigenvalue weighted by molar-refractivity contribution is 0.0977. The van der Waals surface area contributed by atoms with Crippen molar-refractivity contribution in [2.24, 2.45) is 0 Å². The van der Waals surface area contributed by atoms with Gasteiger partial charge in [0.2, 0.25) is 0 Å². The topological polar surface area (TPSA) is 63.2 Å². The smallest absolute Gasteiger partial charge is 0.257 e.